The Morgan fingerprint density at radius 3 is 0.865 bits per heavy atom. The molecule has 0 spiro atoms. The first-order valence-corrected chi connectivity index (χ1v) is 32.7. The molecule has 9 heteroatoms. The van der Waals surface area contributed by atoms with Crippen molar-refractivity contribution in [3.63, 3.8) is 0 Å². The fourth-order valence-corrected chi connectivity index (χ4v) is 10.1. The number of unbranched alkanes of at least 4 members (excludes halogenated alkanes) is 47. The van der Waals surface area contributed by atoms with E-state index < -0.39 is 24.3 Å². The monoisotopic (exact) mass is 1050 g/mol. The van der Waals surface area contributed by atoms with E-state index >= 15 is 0 Å². The molecule has 0 N–H and O–H groups in total. The first-order chi connectivity index (χ1) is 36.1. The quantitative estimate of drug-likeness (QED) is 0.0256. The standard InChI is InChI=1S/C65H127NO8/c1-6-8-10-12-14-16-18-20-22-23-24-25-26-27-28-29-30-31-32-33-34-35-36-37-38-39-40-42-44-46-48-50-52-54-56-63(68)74-61(60-73-65(64(69)70)71-58-57-66(3,4)5)59-72-62(67)55-53-51-49-47-45-43-41-21-19-17-15-13-11-9-7-2/h61,65H,6-60H2,1-5H3. The molecular weight excluding hydrogens is 923 g/mol. The summed E-state index contributed by atoms with van der Waals surface area (Å²) < 4.78 is 22.7. The van der Waals surface area contributed by atoms with Gasteiger partial charge >= 0.3 is 11.9 Å². The van der Waals surface area contributed by atoms with Crippen molar-refractivity contribution in [1.29, 1.82) is 0 Å². The molecule has 0 fully saturated rings. The van der Waals surface area contributed by atoms with Crippen molar-refractivity contribution in [1.82, 2.24) is 0 Å². The summed E-state index contributed by atoms with van der Waals surface area (Å²) in [7, 11) is 5.94. The number of hydrogen-bond donors (Lipinski definition) is 0. The Morgan fingerprint density at radius 1 is 0.351 bits per heavy atom. The minimum absolute atomic E-state index is 0.153. The fraction of sp³-hybridized carbons (Fsp3) is 0.954. The molecule has 0 aromatic rings. The van der Waals surface area contributed by atoms with Crippen molar-refractivity contribution >= 4 is 17.9 Å². The minimum atomic E-state index is -1.61. The number of hydrogen-bond acceptors (Lipinski definition) is 8. The number of nitrogens with zero attached hydrogens (tertiary/aromatic N) is 1. The van der Waals surface area contributed by atoms with Gasteiger partial charge in [-0.3, -0.25) is 9.59 Å². The van der Waals surface area contributed by atoms with Gasteiger partial charge in [0.15, 0.2) is 12.4 Å². The van der Waals surface area contributed by atoms with Gasteiger partial charge in [0, 0.05) is 12.8 Å². The smallest absolute Gasteiger partial charge is 0.306 e. The van der Waals surface area contributed by atoms with E-state index in [2.05, 4.69) is 13.8 Å². The summed E-state index contributed by atoms with van der Waals surface area (Å²) in [4.78, 5) is 37.3. The lowest BCUT2D eigenvalue weighted by Gasteiger charge is -2.26. The predicted octanol–water partition coefficient (Wildman–Crippen LogP) is 18.2. The lowest BCUT2D eigenvalue weighted by molar-refractivity contribution is -0.870. The Hall–Kier alpha value is -1.71. The highest BCUT2D eigenvalue weighted by atomic mass is 16.7. The predicted molar refractivity (Wildman–Crippen MR) is 311 cm³/mol. The molecule has 0 aromatic heterocycles. The SMILES string of the molecule is CCCCCCCCCCCCCCCCCCCCCCCCCCCCCCCCCCCCC(=O)OC(COC(=O)CCCCCCCCCCCCCCCCC)COC(OCC[N+](C)(C)C)C(=O)[O-]. The van der Waals surface area contributed by atoms with Crippen LogP contribution < -0.4 is 5.11 Å². The number of ether oxygens (including phenoxy) is 4. The molecule has 0 aliphatic heterocycles. The normalized spacial score (nSPS) is 12.6. The summed E-state index contributed by atoms with van der Waals surface area (Å²) in [5.41, 5.74) is 0. The number of likely N-dealkylation sites (N-methyl/N-ethyl adjacent to an activating group) is 1. The van der Waals surface area contributed by atoms with Crippen molar-refractivity contribution in [2.24, 2.45) is 0 Å². The van der Waals surface area contributed by atoms with Crippen LogP contribution in [0.1, 0.15) is 341 Å². The molecule has 0 saturated carbocycles. The van der Waals surface area contributed by atoms with Crippen molar-refractivity contribution in [3.8, 4) is 0 Å². The topological polar surface area (TPSA) is 111 Å². The van der Waals surface area contributed by atoms with Gasteiger partial charge in [0.05, 0.1) is 40.3 Å². The second kappa shape index (κ2) is 57.5. The Bertz CT molecular complexity index is 1180. The number of quaternary nitrogens is 1. The number of esters is 2. The van der Waals surface area contributed by atoms with Crippen LogP contribution in [0, 0.1) is 0 Å². The van der Waals surface area contributed by atoms with E-state index in [0.717, 1.165) is 38.5 Å². The average Bonchev–Trinajstić information content (AvgIpc) is 3.37. The second-order valence-corrected chi connectivity index (χ2v) is 23.8. The molecule has 0 amide bonds. The zero-order chi connectivity index (χ0) is 54.1. The van der Waals surface area contributed by atoms with Crippen LogP contribution in [0.3, 0.4) is 0 Å². The number of aliphatic carboxylic acids is 1. The number of carboxylic acid groups (broad SMARTS) is 1. The van der Waals surface area contributed by atoms with E-state index in [0.29, 0.717) is 17.4 Å². The molecular formula is C65H127NO8. The number of carbonyl (C=O) groups excluding carboxylic acids is 3. The van der Waals surface area contributed by atoms with Crippen molar-refractivity contribution in [3.05, 3.63) is 0 Å². The molecule has 0 rings (SSSR count). The van der Waals surface area contributed by atoms with Crippen LogP contribution in [0.5, 0.6) is 0 Å². The maximum Gasteiger partial charge on any atom is 0.306 e. The van der Waals surface area contributed by atoms with Gasteiger partial charge in [0.1, 0.15) is 13.2 Å². The molecule has 0 heterocycles. The van der Waals surface area contributed by atoms with Crippen LogP contribution in [-0.4, -0.2) is 82.3 Å². The fourth-order valence-electron chi connectivity index (χ4n) is 10.1. The molecule has 0 aliphatic rings. The third kappa shape index (κ3) is 58.0. The lowest BCUT2D eigenvalue weighted by Crippen LogP contribution is -2.44. The van der Waals surface area contributed by atoms with E-state index in [1.807, 2.05) is 21.1 Å². The Kier molecular flexibility index (Phi) is 56.1. The zero-order valence-electron chi connectivity index (χ0n) is 50.3. The molecule has 0 aliphatic carbocycles. The molecule has 0 saturated heterocycles. The molecule has 74 heavy (non-hydrogen) atoms. The summed E-state index contributed by atoms with van der Waals surface area (Å²) >= 11 is 0. The van der Waals surface area contributed by atoms with Crippen LogP contribution in [0.4, 0.5) is 0 Å². The van der Waals surface area contributed by atoms with Crippen molar-refractivity contribution in [2.75, 3.05) is 47.5 Å². The van der Waals surface area contributed by atoms with E-state index in [9.17, 15) is 19.5 Å². The van der Waals surface area contributed by atoms with Crippen molar-refractivity contribution < 1.29 is 42.9 Å². The highest BCUT2D eigenvalue weighted by Crippen LogP contribution is 2.19. The van der Waals surface area contributed by atoms with Crippen LogP contribution in [0.15, 0.2) is 0 Å². The van der Waals surface area contributed by atoms with Gasteiger partial charge in [-0.25, -0.2) is 0 Å². The zero-order valence-corrected chi connectivity index (χ0v) is 50.3. The van der Waals surface area contributed by atoms with Gasteiger partial charge in [-0.2, -0.15) is 0 Å². The second-order valence-electron chi connectivity index (χ2n) is 23.8. The average molecular weight is 1050 g/mol. The number of carboxylic acids is 1. The summed E-state index contributed by atoms with van der Waals surface area (Å²) in [6.07, 6.45) is 63.3. The molecule has 0 radical (unpaired) electrons. The van der Waals surface area contributed by atoms with E-state index in [1.165, 1.54) is 276 Å². The summed E-state index contributed by atoms with van der Waals surface area (Å²) in [5, 5.41) is 11.8. The van der Waals surface area contributed by atoms with Gasteiger partial charge in [0.2, 0.25) is 0 Å². The number of rotatable bonds is 62. The van der Waals surface area contributed by atoms with Crippen LogP contribution >= 0.6 is 0 Å². The summed E-state index contributed by atoms with van der Waals surface area (Å²) in [5.74, 6) is -2.25. The molecule has 2 atom stereocenters. The summed E-state index contributed by atoms with van der Waals surface area (Å²) in [6.45, 7) is 4.82. The number of carbonyl (C=O) groups is 3. The highest BCUT2D eigenvalue weighted by molar-refractivity contribution is 5.70. The maximum absolute atomic E-state index is 12.9. The Labute approximate surface area is 460 Å². The van der Waals surface area contributed by atoms with E-state index in [4.69, 9.17) is 18.9 Å². The van der Waals surface area contributed by atoms with Gasteiger partial charge < -0.3 is 33.3 Å². The van der Waals surface area contributed by atoms with Crippen molar-refractivity contribution in [2.45, 2.75) is 354 Å². The molecule has 9 nitrogen and oxygen atoms in total. The van der Waals surface area contributed by atoms with Crippen LogP contribution in [-0.2, 0) is 33.3 Å². The molecule has 0 aromatic carbocycles. The lowest BCUT2D eigenvalue weighted by atomic mass is 10.0. The van der Waals surface area contributed by atoms with Crippen LogP contribution in [0.25, 0.3) is 0 Å². The molecule has 440 valence electrons. The molecule has 2 unspecified atom stereocenters. The maximum atomic E-state index is 12.9. The third-order valence-corrected chi connectivity index (χ3v) is 15.1. The van der Waals surface area contributed by atoms with Gasteiger partial charge in [-0.05, 0) is 12.8 Å². The Balaban J connectivity index is 3.98. The molecule has 0 bridgehead atoms. The van der Waals surface area contributed by atoms with Crippen LogP contribution in [0.2, 0.25) is 0 Å². The van der Waals surface area contributed by atoms with Gasteiger partial charge in [-0.15, -0.1) is 0 Å². The van der Waals surface area contributed by atoms with E-state index in [1.54, 1.807) is 0 Å². The first-order valence-electron chi connectivity index (χ1n) is 32.7. The summed E-state index contributed by atoms with van der Waals surface area (Å²) in [6, 6.07) is 0. The largest absolute Gasteiger partial charge is 0.545 e. The first kappa shape index (κ1) is 72.3. The van der Waals surface area contributed by atoms with Gasteiger partial charge in [-0.1, -0.05) is 316 Å². The Morgan fingerprint density at radius 2 is 0.608 bits per heavy atom. The third-order valence-electron chi connectivity index (χ3n) is 15.1. The highest BCUT2D eigenvalue weighted by Gasteiger charge is 2.22. The van der Waals surface area contributed by atoms with Gasteiger partial charge in [0.25, 0.3) is 0 Å². The van der Waals surface area contributed by atoms with E-state index in [-0.39, 0.29) is 32.2 Å². The minimum Gasteiger partial charge on any atom is -0.545 e.